The number of nitrogens with zero attached hydrogens (tertiary/aromatic N) is 1. The predicted octanol–water partition coefficient (Wildman–Crippen LogP) is 2.36. The molecule has 0 bridgehead atoms. The number of hydrogen-bond donors (Lipinski definition) is 2. The molecule has 0 aliphatic carbocycles. The number of aliphatic hydroxyl groups is 1. The Morgan fingerprint density at radius 3 is 2.69 bits per heavy atom. The van der Waals surface area contributed by atoms with Crippen molar-refractivity contribution in [2.24, 2.45) is 0 Å². The highest BCUT2D eigenvalue weighted by Crippen LogP contribution is 2.19. The van der Waals surface area contributed by atoms with Crippen molar-refractivity contribution in [1.82, 2.24) is 0 Å². The lowest BCUT2D eigenvalue weighted by molar-refractivity contribution is 0.00384. The Kier molecular flexibility index (Phi) is 4.65. The highest BCUT2D eigenvalue weighted by molar-refractivity contribution is 9.10. The van der Waals surface area contributed by atoms with Gasteiger partial charge in [0.15, 0.2) is 0 Å². The minimum atomic E-state index is -2.78. The van der Waals surface area contributed by atoms with Gasteiger partial charge in [-0.2, -0.15) is 5.26 Å². The zero-order chi connectivity index (χ0) is 12.1. The van der Waals surface area contributed by atoms with Gasteiger partial charge in [-0.05, 0) is 18.2 Å². The minimum Gasteiger partial charge on any atom is -0.385 e. The fraction of sp³-hybridized carbons (Fsp3) is 0.300. The Morgan fingerprint density at radius 1 is 1.44 bits per heavy atom. The molecule has 0 fully saturated rings. The molecule has 0 amide bonds. The van der Waals surface area contributed by atoms with Crippen LogP contribution in [0.25, 0.3) is 0 Å². The van der Waals surface area contributed by atoms with Crippen molar-refractivity contribution in [2.75, 3.05) is 11.9 Å². The highest BCUT2D eigenvalue weighted by atomic mass is 79.9. The Bertz CT molecular complexity index is 406. The van der Waals surface area contributed by atoms with Crippen molar-refractivity contribution in [2.45, 2.75) is 12.5 Å². The van der Waals surface area contributed by atoms with Crippen LogP contribution < -0.4 is 5.32 Å². The van der Waals surface area contributed by atoms with Crippen LogP contribution in [-0.4, -0.2) is 24.2 Å². The molecule has 0 heterocycles. The van der Waals surface area contributed by atoms with Gasteiger partial charge >= 0.3 is 0 Å². The van der Waals surface area contributed by atoms with Crippen molar-refractivity contribution in [3.05, 3.63) is 28.2 Å². The topological polar surface area (TPSA) is 56.0 Å². The molecule has 0 spiro atoms. The molecule has 1 rings (SSSR count). The highest BCUT2D eigenvalue weighted by Gasteiger charge is 2.16. The van der Waals surface area contributed by atoms with E-state index in [4.69, 9.17) is 10.4 Å². The van der Waals surface area contributed by atoms with E-state index in [2.05, 4.69) is 21.2 Å². The molecule has 0 aromatic heterocycles. The molecule has 2 N–H and O–H groups in total. The number of hydrogen-bond acceptors (Lipinski definition) is 3. The maximum absolute atomic E-state index is 12.0. The summed E-state index contributed by atoms with van der Waals surface area (Å²) in [6, 6.07) is 6.70. The van der Waals surface area contributed by atoms with Gasteiger partial charge in [0.25, 0.3) is 6.43 Å². The lowest BCUT2D eigenvalue weighted by atomic mass is 10.2. The fourth-order valence-electron chi connectivity index (χ4n) is 1.07. The molecule has 1 aromatic rings. The van der Waals surface area contributed by atoms with Crippen LogP contribution in [0.2, 0.25) is 0 Å². The number of aliphatic hydroxyl groups excluding tert-OH is 1. The quantitative estimate of drug-likeness (QED) is 0.895. The largest absolute Gasteiger partial charge is 0.385 e. The number of anilines is 1. The second-order valence-corrected chi connectivity index (χ2v) is 4.04. The van der Waals surface area contributed by atoms with Crippen LogP contribution in [0.3, 0.4) is 0 Å². The van der Waals surface area contributed by atoms with Crippen LogP contribution in [-0.2, 0) is 0 Å². The molecular formula is C10H9BrF2N2O. The lowest BCUT2D eigenvalue weighted by Crippen LogP contribution is -2.26. The molecule has 6 heteroatoms. The summed E-state index contributed by atoms with van der Waals surface area (Å²) in [5.74, 6) is 0. The average Bonchev–Trinajstić information content (AvgIpc) is 2.24. The van der Waals surface area contributed by atoms with E-state index in [0.717, 1.165) is 0 Å². The second kappa shape index (κ2) is 5.77. The molecule has 3 nitrogen and oxygen atoms in total. The van der Waals surface area contributed by atoms with Crippen molar-refractivity contribution in [3.63, 3.8) is 0 Å². The third kappa shape index (κ3) is 3.76. The van der Waals surface area contributed by atoms with E-state index < -0.39 is 12.5 Å². The zero-order valence-corrected chi connectivity index (χ0v) is 9.71. The number of rotatable bonds is 4. The molecule has 86 valence electrons. The van der Waals surface area contributed by atoms with E-state index in [1.54, 1.807) is 12.1 Å². The van der Waals surface area contributed by atoms with Crippen molar-refractivity contribution < 1.29 is 13.9 Å². The van der Waals surface area contributed by atoms with Gasteiger partial charge < -0.3 is 10.4 Å². The van der Waals surface area contributed by atoms with Crippen LogP contribution in [0.15, 0.2) is 22.7 Å². The van der Waals surface area contributed by atoms with Crippen LogP contribution in [0.4, 0.5) is 14.5 Å². The van der Waals surface area contributed by atoms with E-state index in [1.807, 2.05) is 6.07 Å². The van der Waals surface area contributed by atoms with Crippen LogP contribution >= 0.6 is 15.9 Å². The maximum Gasteiger partial charge on any atom is 0.265 e. The molecule has 0 aliphatic rings. The second-order valence-electron chi connectivity index (χ2n) is 3.12. The first-order chi connectivity index (χ1) is 7.52. The molecule has 1 aromatic carbocycles. The molecule has 1 atom stereocenters. The van der Waals surface area contributed by atoms with Gasteiger partial charge in [0.1, 0.15) is 6.10 Å². The first-order valence-corrected chi connectivity index (χ1v) is 5.23. The van der Waals surface area contributed by atoms with Crippen LogP contribution in [0.1, 0.15) is 5.56 Å². The predicted molar refractivity (Wildman–Crippen MR) is 59.4 cm³/mol. The normalized spacial score (nSPS) is 12.2. The molecular weight excluding hydrogens is 282 g/mol. The smallest absolute Gasteiger partial charge is 0.265 e. The standard InChI is InChI=1S/C10H9BrF2N2O/c11-7-1-6(4-14)2-8(3-7)15-5-9(16)10(12)13/h1-3,9-10,15-16H,5H2. The van der Waals surface area contributed by atoms with Gasteiger partial charge in [-0.15, -0.1) is 0 Å². The van der Waals surface area contributed by atoms with Crippen molar-refractivity contribution in [3.8, 4) is 6.07 Å². The van der Waals surface area contributed by atoms with Crippen molar-refractivity contribution >= 4 is 21.6 Å². The summed E-state index contributed by atoms with van der Waals surface area (Å²) >= 11 is 3.19. The number of nitriles is 1. The SMILES string of the molecule is N#Cc1cc(Br)cc(NCC(O)C(F)F)c1. The van der Waals surface area contributed by atoms with E-state index in [-0.39, 0.29) is 6.54 Å². The number of nitrogens with one attached hydrogen (secondary N) is 1. The van der Waals surface area contributed by atoms with Crippen molar-refractivity contribution in [1.29, 1.82) is 5.26 Å². The van der Waals surface area contributed by atoms with Gasteiger partial charge in [-0.3, -0.25) is 0 Å². The Morgan fingerprint density at radius 2 is 2.12 bits per heavy atom. The molecule has 0 aliphatic heterocycles. The Balaban J connectivity index is 2.68. The lowest BCUT2D eigenvalue weighted by Gasteiger charge is -2.12. The van der Waals surface area contributed by atoms with Gasteiger partial charge in [0, 0.05) is 16.7 Å². The third-order valence-electron chi connectivity index (χ3n) is 1.83. The van der Waals surface area contributed by atoms with Gasteiger partial charge in [0.2, 0.25) is 0 Å². The Hall–Kier alpha value is -1.19. The van der Waals surface area contributed by atoms with Gasteiger partial charge in [-0.25, -0.2) is 8.78 Å². The molecule has 1 unspecified atom stereocenters. The summed E-state index contributed by atoms with van der Waals surface area (Å²) in [7, 11) is 0. The van der Waals surface area contributed by atoms with E-state index in [9.17, 15) is 8.78 Å². The fourth-order valence-corrected chi connectivity index (χ4v) is 1.56. The van der Waals surface area contributed by atoms with E-state index >= 15 is 0 Å². The first kappa shape index (κ1) is 12.9. The molecule has 16 heavy (non-hydrogen) atoms. The van der Waals surface area contributed by atoms with Gasteiger partial charge in [-0.1, -0.05) is 15.9 Å². The van der Waals surface area contributed by atoms with E-state index in [1.165, 1.54) is 6.07 Å². The summed E-state index contributed by atoms with van der Waals surface area (Å²) in [4.78, 5) is 0. The summed E-state index contributed by atoms with van der Waals surface area (Å²) in [6.45, 7) is -0.265. The molecule has 0 saturated carbocycles. The first-order valence-electron chi connectivity index (χ1n) is 4.43. The molecule has 0 saturated heterocycles. The molecule has 0 radical (unpaired) electrons. The number of alkyl halides is 2. The van der Waals surface area contributed by atoms with Crippen LogP contribution in [0, 0.1) is 11.3 Å². The van der Waals surface area contributed by atoms with Crippen LogP contribution in [0.5, 0.6) is 0 Å². The summed E-state index contributed by atoms with van der Waals surface area (Å²) in [6.07, 6.45) is -4.50. The zero-order valence-electron chi connectivity index (χ0n) is 8.12. The third-order valence-corrected chi connectivity index (χ3v) is 2.29. The average molecular weight is 291 g/mol. The number of benzene rings is 1. The summed E-state index contributed by atoms with van der Waals surface area (Å²) < 4.78 is 24.7. The Labute approximate surface area is 99.8 Å². The minimum absolute atomic E-state index is 0.265. The summed E-state index contributed by atoms with van der Waals surface area (Å²) in [5.41, 5.74) is 0.911. The van der Waals surface area contributed by atoms with E-state index in [0.29, 0.717) is 15.7 Å². The monoisotopic (exact) mass is 290 g/mol. The van der Waals surface area contributed by atoms with Gasteiger partial charge in [0.05, 0.1) is 11.6 Å². The maximum atomic E-state index is 12.0. The summed E-state index contributed by atoms with van der Waals surface area (Å²) in [5, 5.41) is 20.2. The number of halogens is 3.